The molecular weight excluding hydrogens is 252 g/mol. The van der Waals surface area contributed by atoms with Crippen molar-refractivity contribution in [3.8, 4) is 0 Å². The monoisotopic (exact) mass is 278 g/mol. The molecule has 1 atom stereocenters. The van der Waals surface area contributed by atoms with Crippen LogP contribution in [0.3, 0.4) is 0 Å². The van der Waals surface area contributed by atoms with Gasteiger partial charge in [-0.2, -0.15) is 5.10 Å². The first-order chi connectivity index (χ1) is 9.54. The Morgan fingerprint density at radius 1 is 1.50 bits per heavy atom. The van der Waals surface area contributed by atoms with Crippen LogP contribution in [0.4, 0.5) is 0 Å². The average molecular weight is 278 g/mol. The largest absolute Gasteiger partial charge is 0.353 e. The molecule has 5 heteroatoms. The first-order valence-electron chi connectivity index (χ1n) is 7.54. The van der Waals surface area contributed by atoms with E-state index in [9.17, 15) is 4.79 Å². The molecule has 1 aliphatic heterocycles. The third-order valence-corrected chi connectivity index (χ3v) is 3.89. The minimum absolute atomic E-state index is 0.0428. The van der Waals surface area contributed by atoms with E-state index in [1.807, 2.05) is 19.9 Å². The van der Waals surface area contributed by atoms with E-state index in [1.165, 1.54) is 12.8 Å². The predicted octanol–water partition coefficient (Wildman–Crippen LogP) is 1.35. The lowest BCUT2D eigenvalue weighted by atomic mass is 10.0. The first-order valence-corrected chi connectivity index (χ1v) is 7.54. The van der Waals surface area contributed by atoms with Gasteiger partial charge in [-0.05, 0) is 45.2 Å². The molecule has 0 aromatic carbocycles. The van der Waals surface area contributed by atoms with Gasteiger partial charge in [0.1, 0.15) is 6.54 Å². The van der Waals surface area contributed by atoms with Crippen molar-refractivity contribution in [2.75, 3.05) is 26.2 Å². The summed E-state index contributed by atoms with van der Waals surface area (Å²) >= 11 is 0. The molecule has 1 aromatic heterocycles. The van der Waals surface area contributed by atoms with E-state index in [2.05, 4.69) is 22.2 Å². The Morgan fingerprint density at radius 2 is 2.30 bits per heavy atom. The Hall–Kier alpha value is -1.36. The number of piperidine rings is 1. The van der Waals surface area contributed by atoms with Crippen LogP contribution in [0.1, 0.15) is 31.2 Å². The van der Waals surface area contributed by atoms with E-state index < -0.39 is 0 Å². The maximum Gasteiger partial charge on any atom is 0.241 e. The van der Waals surface area contributed by atoms with Crippen molar-refractivity contribution in [3.05, 3.63) is 17.5 Å². The Balaban J connectivity index is 1.69. The Labute approximate surface area is 121 Å². The van der Waals surface area contributed by atoms with Gasteiger partial charge >= 0.3 is 0 Å². The summed E-state index contributed by atoms with van der Waals surface area (Å²) in [6.07, 6.45) is 2.61. The number of carbonyl (C=O) groups is 1. The van der Waals surface area contributed by atoms with Crippen molar-refractivity contribution in [2.45, 2.75) is 40.2 Å². The minimum Gasteiger partial charge on any atom is -0.353 e. The molecule has 5 nitrogen and oxygen atoms in total. The summed E-state index contributed by atoms with van der Waals surface area (Å²) in [5.41, 5.74) is 1.99. The first kappa shape index (κ1) is 15.0. The number of nitrogens with one attached hydrogen (secondary N) is 1. The molecule has 1 aliphatic rings. The van der Waals surface area contributed by atoms with Gasteiger partial charge in [0.05, 0.1) is 5.69 Å². The molecule has 2 heterocycles. The molecule has 1 fully saturated rings. The Kier molecular flexibility index (Phi) is 5.17. The lowest BCUT2D eigenvalue weighted by molar-refractivity contribution is -0.121. The average Bonchev–Trinajstić information content (AvgIpc) is 2.68. The van der Waals surface area contributed by atoms with Crippen molar-refractivity contribution in [2.24, 2.45) is 5.92 Å². The molecule has 1 amide bonds. The highest BCUT2D eigenvalue weighted by Crippen LogP contribution is 2.14. The van der Waals surface area contributed by atoms with Crippen molar-refractivity contribution >= 4 is 5.91 Å². The molecule has 0 bridgehead atoms. The smallest absolute Gasteiger partial charge is 0.241 e. The van der Waals surface area contributed by atoms with Crippen molar-refractivity contribution < 1.29 is 4.79 Å². The fourth-order valence-corrected chi connectivity index (χ4v) is 2.87. The Bertz CT molecular complexity index is 455. The molecular formula is C15H26N4O. The van der Waals surface area contributed by atoms with Gasteiger partial charge in [-0.15, -0.1) is 0 Å². The minimum atomic E-state index is 0.0428. The number of carbonyl (C=O) groups excluding carboxylic acids is 1. The molecule has 1 unspecified atom stereocenters. The van der Waals surface area contributed by atoms with Crippen LogP contribution < -0.4 is 5.32 Å². The second-order valence-corrected chi connectivity index (χ2v) is 5.98. The van der Waals surface area contributed by atoms with E-state index in [0.29, 0.717) is 6.54 Å². The number of hydrogen-bond acceptors (Lipinski definition) is 3. The summed E-state index contributed by atoms with van der Waals surface area (Å²) in [7, 11) is 0. The normalized spacial score (nSPS) is 20.1. The standard InChI is InChI=1S/C15H26N4O/c1-12-5-4-7-18(10-12)8-6-16-15(20)11-19-14(3)9-13(2)17-19/h9,12H,4-8,10-11H2,1-3H3,(H,16,20). The van der Waals surface area contributed by atoms with Gasteiger partial charge in [0.15, 0.2) is 0 Å². The number of likely N-dealkylation sites (tertiary alicyclic amines) is 1. The van der Waals surface area contributed by atoms with Gasteiger partial charge in [0, 0.05) is 25.3 Å². The van der Waals surface area contributed by atoms with Gasteiger partial charge in [0.25, 0.3) is 0 Å². The van der Waals surface area contributed by atoms with Crippen LogP contribution in [-0.2, 0) is 11.3 Å². The van der Waals surface area contributed by atoms with E-state index in [4.69, 9.17) is 0 Å². The van der Waals surface area contributed by atoms with Gasteiger partial charge in [-0.25, -0.2) is 0 Å². The van der Waals surface area contributed by atoms with E-state index in [1.54, 1.807) is 4.68 Å². The number of nitrogens with zero attached hydrogens (tertiary/aromatic N) is 3. The number of amides is 1. The van der Waals surface area contributed by atoms with Crippen molar-refractivity contribution in [1.29, 1.82) is 0 Å². The maximum atomic E-state index is 11.9. The molecule has 1 aromatic rings. The highest BCUT2D eigenvalue weighted by atomic mass is 16.2. The number of rotatable bonds is 5. The molecule has 112 valence electrons. The molecule has 20 heavy (non-hydrogen) atoms. The van der Waals surface area contributed by atoms with Crippen LogP contribution in [0, 0.1) is 19.8 Å². The fraction of sp³-hybridized carbons (Fsp3) is 0.733. The van der Waals surface area contributed by atoms with Crippen LogP contribution in [0.5, 0.6) is 0 Å². The van der Waals surface area contributed by atoms with Crippen molar-refractivity contribution in [3.63, 3.8) is 0 Å². The highest BCUT2D eigenvalue weighted by molar-refractivity contribution is 5.75. The van der Waals surface area contributed by atoms with Crippen LogP contribution >= 0.6 is 0 Å². The molecule has 0 radical (unpaired) electrons. The number of aromatic nitrogens is 2. The van der Waals surface area contributed by atoms with E-state index in [0.717, 1.165) is 43.5 Å². The fourth-order valence-electron chi connectivity index (χ4n) is 2.87. The summed E-state index contributed by atoms with van der Waals surface area (Å²) < 4.78 is 1.76. The zero-order valence-electron chi connectivity index (χ0n) is 12.9. The summed E-state index contributed by atoms with van der Waals surface area (Å²) in [4.78, 5) is 14.3. The summed E-state index contributed by atoms with van der Waals surface area (Å²) in [6.45, 7) is 10.5. The number of aryl methyl sites for hydroxylation is 2. The topological polar surface area (TPSA) is 50.2 Å². The molecule has 0 aliphatic carbocycles. The van der Waals surface area contributed by atoms with Gasteiger partial charge in [0.2, 0.25) is 5.91 Å². The lowest BCUT2D eigenvalue weighted by Crippen LogP contribution is -2.40. The number of hydrogen-bond donors (Lipinski definition) is 1. The zero-order valence-corrected chi connectivity index (χ0v) is 12.9. The summed E-state index contributed by atoms with van der Waals surface area (Å²) in [6, 6.07) is 1.99. The van der Waals surface area contributed by atoms with Crippen molar-refractivity contribution in [1.82, 2.24) is 20.0 Å². The maximum absolute atomic E-state index is 11.9. The molecule has 0 spiro atoms. The van der Waals surface area contributed by atoms with Crippen LogP contribution in [0.15, 0.2) is 6.07 Å². The SMILES string of the molecule is Cc1cc(C)n(CC(=O)NCCN2CCCC(C)C2)n1. The zero-order chi connectivity index (χ0) is 14.5. The van der Waals surface area contributed by atoms with Crippen LogP contribution in [0.25, 0.3) is 0 Å². The molecule has 0 saturated carbocycles. The van der Waals surface area contributed by atoms with Gasteiger partial charge in [-0.1, -0.05) is 6.92 Å². The van der Waals surface area contributed by atoms with Crippen LogP contribution in [0.2, 0.25) is 0 Å². The van der Waals surface area contributed by atoms with Gasteiger partial charge < -0.3 is 10.2 Å². The van der Waals surface area contributed by atoms with E-state index in [-0.39, 0.29) is 5.91 Å². The summed E-state index contributed by atoms with van der Waals surface area (Å²) in [5, 5.41) is 7.29. The van der Waals surface area contributed by atoms with Crippen LogP contribution in [-0.4, -0.2) is 46.8 Å². The lowest BCUT2D eigenvalue weighted by Gasteiger charge is -2.30. The molecule has 2 rings (SSSR count). The van der Waals surface area contributed by atoms with Gasteiger partial charge in [-0.3, -0.25) is 9.48 Å². The summed E-state index contributed by atoms with van der Waals surface area (Å²) in [5.74, 6) is 0.829. The second kappa shape index (κ2) is 6.88. The predicted molar refractivity (Wildman–Crippen MR) is 79.5 cm³/mol. The quantitative estimate of drug-likeness (QED) is 0.884. The third kappa shape index (κ3) is 4.34. The highest BCUT2D eigenvalue weighted by Gasteiger charge is 2.15. The molecule has 1 saturated heterocycles. The van der Waals surface area contributed by atoms with E-state index >= 15 is 0 Å². The third-order valence-electron chi connectivity index (χ3n) is 3.89. The Morgan fingerprint density at radius 3 is 2.95 bits per heavy atom. The second-order valence-electron chi connectivity index (χ2n) is 5.98. The molecule has 1 N–H and O–H groups in total.